The molecule has 0 spiro atoms. The molecule has 0 unspecified atom stereocenters. The first-order valence-corrected chi connectivity index (χ1v) is 9.97. The van der Waals surface area contributed by atoms with Crippen LogP contribution in [0.15, 0.2) is 60.1 Å². The molecule has 0 saturated carbocycles. The van der Waals surface area contributed by atoms with Crippen molar-refractivity contribution in [1.29, 1.82) is 0 Å². The lowest BCUT2D eigenvalue weighted by atomic mass is 10.2. The Balaban J connectivity index is 1.90. The standard InChI is InChI=1S/C22H24N2O2S/c1-4-6-14-26-18-10-8-17(9-11-18)21(25)23-22-24(13-5-2)19-12-7-16(3)15-20(19)27-22/h5,7-12,15H,2,4,6,13-14H2,1,3H3. The predicted molar refractivity (Wildman–Crippen MR) is 111 cm³/mol. The van der Waals surface area contributed by atoms with Crippen LogP contribution < -0.4 is 9.54 Å². The van der Waals surface area contributed by atoms with Crippen LogP contribution in [0.3, 0.4) is 0 Å². The maximum Gasteiger partial charge on any atom is 0.279 e. The highest BCUT2D eigenvalue weighted by molar-refractivity contribution is 7.16. The molecule has 1 amide bonds. The van der Waals surface area contributed by atoms with Crippen molar-refractivity contribution in [3.8, 4) is 5.75 Å². The third-order valence-electron chi connectivity index (χ3n) is 4.22. The quantitative estimate of drug-likeness (QED) is 0.422. The van der Waals surface area contributed by atoms with Crippen LogP contribution in [0.1, 0.15) is 35.7 Å². The van der Waals surface area contributed by atoms with Crippen LogP contribution >= 0.6 is 11.3 Å². The first-order valence-electron chi connectivity index (χ1n) is 9.15. The Kier molecular flexibility index (Phi) is 6.24. The van der Waals surface area contributed by atoms with E-state index in [1.54, 1.807) is 12.1 Å². The predicted octanol–water partition coefficient (Wildman–Crippen LogP) is 5.12. The Hall–Kier alpha value is -2.66. The first-order chi connectivity index (χ1) is 13.1. The second-order valence-corrected chi connectivity index (χ2v) is 7.41. The number of fused-ring (bicyclic) bond motifs is 1. The molecule has 0 N–H and O–H groups in total. The van der Waals surface area contributed by atoms with Crippen LogP contribution in [0.2, 0.25) is 0 Å². The topological polar surface area (TPSA) is 43.6 Å². The summed E-state index contributed by atoms with van der Waals surface area (Å²) in [5.74, 6) is 0.523. The molecule has 4 nitrogen and oxygen atoms in total. The van der Waals surface area contributed by atoms with E-state index in [1.165, 1.54) is 16.9 Å². The molecule has 27 heavy (non-hydrogen) atoms. The molecule has 0 aliphatic heterocycles. The normalized spacial score (nSPS) is 11.7. The molecule has 0 saturated heterocycles. The molecule has 5 heteroatoms. The number of amides is 1. The smallest absolute Gasteiger partial charge is 0.279 e. The summed E-state index contributed by atoms with van der Waals surface area (Å²) < 4.78 is 8.78. The van der Waals surface area contributed by atoms with Gasteiger partial charge in [-0.05, 0) is 55.3 Å². The van der Waals surface area contributed by atoms with Crippen molar-refractivity contribution in [2.75, 3.05) is 6.61 Å². The summed E-state index contributed by atoms with van der Waals surface area (Å²) in [6.45, 7) is 9.31. The minimum Gasteiger partial charge on any atom is -0.494 e. The molecule has 1 heterocycles. The van der Waals surface area contributed by atoms with Crippen LogP contribution in [0.5, 0.6) is 5.75 Å². The van der Waals surface area contributed by atoms with E-state index in [4.69, 9.17) is 4.74 Å². The van der Waals surface area contributed by atoms with Crippen molar-refractivity contribution in [2.45, 2.75) is 33.2 Å². The molecule has 3 aromatic rings. The molecule has 0 bridgehead atoms. The number of rotatable bonds is 7. The second-order valence-electron chi connectivity index (χ2n) is 6.40. The minimum absolute atomic E-state index is 0.254. The van der Waals surface area contributed by atoms with E-state index in [2.05, 4.69) is 43.6 Å². The van der Waals surface area contributed by atoms with Gasteiger partial charge in [-0.15, -0.1) is 6.58 Å². The van der Waals surface area contributed by atoms with Crippen LogP contribution in [0.4, 0.5) is 0 Å². The van der Waals surface area contributed by atoms with E-state index in [1.807, 2.05) is 22.8 Å². The number of hydrogen-bond acceptors (Lipinski definition) is 3. The fourth-order valence-electron chi connectivity index (χ4n) is 2.75. The largest absolute Gasteiger partial charge is 0.494 e. The van der Waals surface area contributed by atoms with Gasteiger partial charge in [0, 0.05) is 12.1 Å². The SMILES string of the molecule is C=CCn1c(=NC(=O)c2ccc(OCCCC)cc2)sc2cc(C)ccc21. The van der Waals surface area contributed by atoms with Gasteiger partial charge < -0.3 is 9.30 Å². The number of aryl methyl sites for hydroxylation is 1. The maximum atomic E-state index is 12.6. The molecular formula is C22H24N2O2S. The Morgan fingerprint density at radius 1 is 1.26 bits per heavy atom. The third-order valence-corrected chi connectivity index (χ3v) is 5.26. The fraction of sp³-hybridized carbons (Fsp3) is 0.273. The van der Waals surface area contributed by atoms with Gasteiger partial charge in [0.1, 0.15) is 5.75 Å². The highest BCUT2D eigenvalue weighted by Crippen LogP contribution is 2.19. The number of carbonyl (C=O) groups excluding carboxylic acids is 1. The van der Waals surface area contributed by atoms with Crippen LogP contribution in [0.25, 0.3) is 10.2 Å². The summed E-state index contributed by atoms with van der Waals surface area (Å²) in [7, 11) is 0. The summed E-state index contributed by atoms with van der Waals surface area (Å²) in [6.07, 6.45) is 3.93. The van der Waals surface area contributed by atoms with Gasteiger partial charge in [-0.1, -0.05) is 36.8 Å². The molecule has 0 radical (unpaired) electrons. The van der Waals surface area contributed by atoms with E-state index < -0.39 is 0 Å². The number of unbranched alkanes of at least 4 members (excludes halogenated alkanes) is 1. The van der Waals surface area contributed by atoms with Crippen LogP contribution in [-0.2, 0) is 6.54 Å². The van der Waals surface area contributed by atoms with Crippen molar-refractivity contribution in [3.05, 3.63) is 71.0 Å². The zero-order chi connectivity index (χ0) is 19.2. The van der Waals surface area contributed by atoms with Gasteiger partial charge in [-0.3, -0.25) is 4.79 Å². The van der Waals surface area contributed by atoms with Crippen molar-refractivity contribution in [2.24, 2.45) is 4.99 Å². The van der Waals surface area contributed by atoms with Gasteiger partial charge in [0.25, 0.3) is 5.91 Å². The lowest BCUT2D eigenvalue weighted by Gasteiger charge is -2.05. The van der Waals surface area contributed by atoms with Gasteiger partial charge in [0.05, 0.1) is 16.8 Å². The number of benzene rings is 2. The van der Waals surface area contributed by atoms with Crippen LogP contribution in [-0.4, -0.2) is 17.1 Å². The Morgan fingerprint density at radius 3 is 2.74 bits per heavy atom. The van der Waals surface area contributed by atoms with Crippen molar-refractivity contribution in [3.63, 3.8) is 0 Å². The molecule has 1 aromatic heterocycles. The van der Waals surface area contributed by atoms with E-state index in [0.717, 1.165) is 28.8 Å². The first kappa shape index (κ1) is 19.1. The Morgan fingerprint density at radius 2 is 2.04 bits per heavy atom. The number of aromatic nitrogens is 1. The van der Waals surface area contributed by atoms with Gasteiger partial charge >= 0.3 is 0 Å². The second kappa shape index (κ2) is 8.82. The summed E-state index contributed by atoms with van der Waals surface area (Å²) in [5, 5.41) is 0. The maximum absolute atomic E-state index is 12.6. The number of carbonyl (C=O) groups is 1. The van der Waals surface area contributed by atoms with Gasteiger partial charge in [0.2, 0.25) is 0 Å². The van der Waals surface area contributed by atoms with Gasteiger partial charge in [0.15, 0.2) is 4.80 Å². The molecular weight excluding hydrogens is 356 g/mol. The number of ether oxygens (including phenoxy) is 1. The molecule has 0 aliphatic carbocycles. The minimum atomic E-state index is -0.254. The summed E-state index contributed by atoms with van der Waals surface area (Å²) in [4.78, 5) is 17.7. The van der Waals surface area contributed by atoms with Gasteiger partial charge in [-0.2, -0.15) is 4.99 Å². The molecule has 0 aliphatic rings. The average Bonchev–Trinajstić information content (AvgIpc) is 2.99. The molecule has 140 valence electrons. The Bertz CT molecular complexity index is 1010. The Labute approximate surface area is 163 Å². The molecule has 2 aromatic carbocycles. The number of hydrogen-bond donors (Lipinski definition) is 0. The van der Waals surface area contributed by atoms with Crippen LogP contribution in [0, 0.1) is 6.92 Å². The third kappa shape index (κ3) is 4.55. The molecule has 3 rings (SSSR count). The van der Waals surface area contributed by atoms with Crippen molar-refractivity contribution >= 4 is 27.5 Å². The fourth-order valence-corrected chi connectivity index (χ4v) is 3.89. The highest BCUT2D eigenvalue weighted by Gasteiger charge is 2.09. The monoisotopic (exact) mass is 380 g/mol. The summed E-state index contributed by atoms with van der Waals surface area (Å²) in [6, 6.07) is 13.4. The van der Waals surface area contributed by atoms with Crippen molar-refractivity contribution < 1.29 is 9.53 Å². The summed E-state index contributed by atoms with van der Waals surface area (Å²) >= 11 is 1.52. The molecule has 0 fully saturated rings. The average molecular weight is 381 g/mol. The number of thiazole rings is 1. The lowest BCUT2D eigenvalue weighted by molar-refractivity contribution is 0.0998. The lowest BCUT2D eigenvalue weighted by Crippen LogP contribution is -2.16. The van der Waals surface area contributed by atoms with E-state index in [0.29, 0.717) is 23.5 Å². The number of nitrogens with zero attached hydrogens (tertiary/aromatic N) is 2. The zero-order valence-corrected chi connectivity index (χ0v) is 16.6. The molecule has 0 atom stereocenters. The number of allylic oxidation sites excluding steroid dienone is 1. The van der Waals surface area contributed by atoms with Gasteiger partial charge in [-0.25, -0.2) is 0 Å². The van der Waals surface area contributed by atoms with E-state index >= 15 is 0 Å². The van der Waals surface area contributed by atoms with E-state index in [9.17, 15) is 4.79 Å². The highest BCUT2D eigenvalue weighted by atomic mass is 32.1. The summed E-state index contributed by atoms with van der Waals surface area (Å²) in [5.41, 5.74) is 2.80. The van der Waals surface area contributed by atoms with E-state index in [-0.39, 0.29) is 5.91 Å². The van der Waals surface area contributed by atoms with Crippen molar-refractivity contribution in [1.82, 2.24) is 4.57 Å². The zero-order valence-electron chi connectivity index (χ0n) is 15.8.